The molecule has 90 valence electrons. The van der Waals surface area contributed by atoms with Gasteiger partial charge in [-0.15, -0.1) is 0 Å². The van der Waals surface area contributed by atoms with Crippen LogP contribution in [0.2, 0.25) is 0 Å². The van der Waals surface area contributed by atoms with E-state index in [1.165, 1.54) is 6.26 Å². The Labute approximate surface area is 92.3 Å². The standard InChI is InChI=1S/C10H21NO3S/c1-10(2,15(3,12)13)8-11-6-9-4-5-14-7-9/h9,11H,4-8H2,1-3H3. The summed E-state index contributed by atoms with van der Waals surface area (Å²) in [6.07, 6.45) is 2.36. The van der Waals surface area contributed by atoms with Crippen molar-refractivity contribution in [2.75, 3.05) is 32.6 Å². The van der Waals surface area contributed by atoms with Crippen LogP contribution in [-0.4, -0.2) is 45.7 Å². The molecule has 1 aliphatic rings. The first kappa shape index (κ1) is 12.9. The van der Waals surface area contributed by atoms with Crippen molar-refractivity contribution in [1.29, 1.82) is 0 Å². The van der Waals surface area contributed by atoms with E-state index < -0.39 is 14.6 Å². The second kappa shape index (κ2) is 4.80. The van der Waals surface area contributed by atoms with Crippen LogP contribution in [0.25, 0.3) is 0 Å². The molecule has 1 unspecified atom stereocenters. The Bertz CT molecular complexity index is 292. The van der Waals surface area contributed by atoms with Gasteiger partial charge in [0, 0.05) is 26.0 Å². The molecule has 15 heavy (non-hydrogen) atoms. The topological polar surface area (TPSA) is 55.4 Å². The monoisotopic (exact) mass is 235 g/mol. The van der Waals surface area contributed by atoms with Crippen molar-refractivity contribution in [2.45, 2.75) is 25.0 Å². The van der Waals surface area contributed by atoms with Crippen molar-refractivity contribution < 1.29 is 13.2 Å². The Morgan fingerprint density at radius 1 is 1.47 bits per heavy atom. The van der Waals surface area contributed by atoms with Gasteiger partial charge in [0.05, 0.1) is 11.4 Å². The Morgan fingerprint density at radius 2 is 2.13 bits per heavy atom. The van der Waals surface area contributed by atoms with E-state index in [9.17, 15) is 8.42 Å². The molecule has 0 amide bonds. The molecule has 1 N–H and O–H groups in total. The number of ether oxygens (including phenoxy) is 1. The lowest BCUT2D eigenvalue weighted by Crippen LogP contribution is -2.43. The zero-order valence-electron chi connectivity index (χ0n) is 9.75. The van der Waals surface area contributed by atoms with E-state index in [0.29, 0.717) is 12.5 Å². The van der Waals surface area contributed by atoms with Crippen LogP contribution in [0.5, 0.6) is 0 Å². The third-order valence-electron chi connectivity index (χ3n) is 3.01. The largest absolute Gasteiger partial charge is 0.381 e. The maximum absolute atomic E-state index is 11.4. The minimum atomic E-state index is -2.99. The van der Waals surface area contributed by atoms with Gasteiger partial charge in [-0.1, -0.05) is 0 Å². The molecule has 5 heteroatoms. The van der Waals surface area contributed by atoms with Gasteiger partial charge >= 0.3 is 0 Å². The molecular weight excluding hydrogens is 214 g/mol. The molecule has 0 aromatic heterocycles. The average Bonchev–Trinajstić information content (AvgIpc) is 2.54. The SMILES string of the molecule is CC(C)(CNCC1CCOC1)S(C)(=O)=O. The first-order valence-electron chi connectivity index (χ1n) is 5.31. The van der Waals surface area contributed by atoms with E-state index in [4.69, 9.17) is 4.74 Å². The minimum absolute atomic E-state index is 0.502. The Kier molecular flexibility index (Phi) is 4.14. The van der Waals surface area contributed by atoms with Gasteiger partial charge in [-0.3, -0.25) is 0 Å². The van der Waals surface area contributed by atoms with E-state index in [1.54, 1.807) is 13.8 Å². The summed E-state index contributed by atoms with van der Waals surface area (Å²) in [5.74, 6) is 0.542. The molecule has 1 aliphatic heterocycles. The quantitative estimate of drug-likeness (QED) is 0.751. The van der Waals surface area contributed by atoms with E-state index >= 15 is 0 Å². The molecule has 0 aromatic rings. The van der Waals surface area contributed by atoms with Crippen LogP contribution < -0.4 is 5.32 Å². The van der Waals surface area contributed by atoms with E-state index in [2.05, 4.69) is 5.32 Å². The number of rotatable bonds is 5. The van der Waals surface area contributed by atoms with Crippen molar-refractivity contribution in [3.05, 3.63) is 0 Å². The molecule has 0 aromatic carbocycles. The Hall–Kier alpha value is -0.130. The summed E-state index contributed by atoms with van der Waals surface area (Å²) in [5.41, 5.74) is 0. The maximum atomic E-state index is 11.4. The molecule has 0 spiro atoms. The number of hydrogen-bond donors (Lipinski definition) is 1. The summed E-state index contributed by atoms with van der Waals surface area (Å²) in [6, 6.07) is 0. The van der Waals surface area contributed by atoms with E-state index in [0.717, 1.165) is 26.2 Å². The number of hydrogen-bond acceptors (Lipinski definition) is 4. The van der Waals surface area contributed by atoms with Crippen LogP contribution in [0.4, 0.5) is 0 Å². The van der Waals surface area contributed by atoms with Gasteiger partial charge in [-0.2, -0.15) is 0 Å². The van der Waals surface area contributed by atoms with Crippen molar-refractivity contribution in [1.82, 2.24) is 5.32 Å². The van der Waals surface area contributed by atoms with E-state index in [-0.39, 0.29) is 0 Å². The summed E-state index contributed by atoms with van der Waals surface area (Å²) in [6.45, 7) is 6.48. The summed E-state index contributed by atoms with van der Waals surface area (Å²) < 4.78 is 27.4. The first-order chi connectivity index (χ1) is 6.83. The minimum Gasteiger partial charge on any atom is -0.381 e. The first-order valence-corrected chi connectivity index (χ1v) is 7.20. The Morgan fingerprint density at radius 3 is 2.60 bits per heavy atom. The normalized spacial score (nSPS) is 23.3. The molecule has 1 saturated heterocycles. The van der Waals surface area contributed by atoms with Crippen molar-refractivity contribution in [3.63, 3.8) is 0 Å². The van der Waals surface area contributed by atoms with Gasteiger partial charge < -0.3 is 10.1 Å². The smallest absolute Gasteiger partial charge is 0.153 e. The lowest BCUT2D eigenvalue weighted by atomic mass is 10.1. The van der Waals surface area contributed by atoms with Crippen molar-refractivity contribution in [3.8, 4) is 0 Å². The molecule has 1 rings (SSSR count). The van der Waals surface area contributed by atoms with Gasteiger partial charge in [-0.25, -0.2) is 8.42 Å². The molecule has 0 bridgehead atoms. The highest BCUT2D eigenvalue weighted by Crippen LogP contribution is 2.15. The van der Waals surface area contributed by atoms with Crippen LogP contribution in [0.15, 0.2) is 0 Å². The maximum Gasteiger partial charge on any atom is 0.153 e. The predicted octanol–water partition coefficient (Wildman–Crippen LogP) is 0.436. The van der Waals surface area contributed by atoms with Crippen LogP contribution >= 0.6 is 0 Å². The average molecular weight is 235 g/mol. The van der Waals surface area contributed by atoms with Gasteiger partial charge in [0.25, 0.3) is 0 Å². The highest BCUT2D eigenvalue weighted by atomic mass is 32.2. The molecule has 4 nitrogen and oxygen atoms in total. The van der Waals surface area contributed by atoms with Crippen molar-refractivity contribution in [2.24, 2.45) is 5.92 Å². The molecule has 0 saturated carbocycles. The Balaban J connectivity index is 2.30. The summed E-state index contributed by atoms with van der Waals surface area (Å²) in [5, 5.41) is 3.21. The third kappa shape index (κ3) is 3.74. The molecule has 1 fully saturated rings. The summed E-state index contributed by atoms with van der Waals surface area (Å²) >= 11 is 0. The predicted molar refractivity (Wildman–Crippen MR) is 60.7 cm³/mol. The third-order valence-corrected chi connectivity index (χ3v) is 5.16. The van der Waals surface area contributed by atoms with Gasteiger partial charge in [-0.05, 0) is 26.2 Å². The van der Waals surface area contributed by atoms with Gasteiger partial charge in [0.2, 0.25) is 0 Å². The highest BCUT2D eigenvalue weighted by molar-refractivity contribution is 7.92. The summed E-state index contributed by atoms with van der Waals surface area (Å²) in [4.78, 5) is 0. The summed E-state index contributed by atoms with van der Waals surface area (Å²) in [7, 11) is -2.99. The fourth-order valence-corrected chi connectivity index (χ4v) is 1.82. The van der Waals surface area contributed by atoms with Crippen LogP contribution in [-0.2, 0) is 14.6 Å². The second-order valence-corrected chi connectivity index (χ2v) is 7.54. The second-order valence-electron chi connectivity index (χ2n) is 4.89. The zero-order chi connectivity index (χ0) is 11.5. The molecular formula is C10H21NO3S. The molecule has 0 aliphatic carbocycles. The lowest BCUT2D eigenvalue weighted by Gasteiger charge is -2.23. The van der Waals surface area contributed by atoms with E-state index in [1.807, 2.05) is 0 Å². The molecule has 0 radical (unpaired) electrons. The lowest BCUT2D eigenvalue weighted by molar-refractivity contribution is 0.185. The highest BCUT2D eigenvalue weighted by Gasteiger charge is 2.29. The zero-order valence-corrected chi connectivity index (χ0v) is 10.6. The fourth-order valence-electron chi connectivity index (χ4n) is 1.45. The molecule has 1 atom stereocenters. The van der Waals surface area contributed by atoms with Crippen molar-refractivity contribution >= 4 is 9.84 Å². The number of nitrogens with one attached hydrogen (secondary N) is 1. The fraction of sp³-hybridized carbons (Fsp3) is 1.00. The molecule has 1 heterocycles. The van der Waals surface area contributed by atoms with Crippen LogP contribution in [0, 0.1) is 5.92 Å². The number of sulfone groups is 1. The van der Waals surface area contributed by atoms with Crippen LogP contribution in [0.1, 0.15) is 20.3 Å². The van der Waals surface area contributed by atoms with Gasteiger partial charge in [0.1, 0.15) is 0 Å². The van der Waals surface area contributed by atoms with Crippen LogP contribution in [0.3, 0.4) is 0 Å². The van der Waals surface area contributed by atoms with Gasteiger partial charge in [0.15, 0.2) is 9.84 Å².